The predicted octanol–water partition coefficient (Wildman–Crippen LogP) is 3.59. The molecule has 0 bridgehead atoms. The summed E-state index contributed by atoms with van der Waals surface area (Å²) < 4.78 is 16.5. The maximum Gasteiger partial charge on any atom is 0.282 e. The summed E-state index contributed by atoms with van der Waals surface area (Å²) in [6, 6.07) is 0.0680. The fraction of sp³-hybridized carbons (Fsp3) is 0.720. The second-order valence-corrected chi connectivity index (χ2v) is 11.1. The molecule has 1 aliphatic heterocycles. The summed E-state index contributed by atoms with van der Waals surface area (Å²) in [5.41, 5.74) is -0.343. The lowest BCUT2D eigenvalue weighted by Gasteiger charge is -2.60. The minimum Gasteiger partial charge on any atom is -0.349 e. The van der Waals surface area contributed by atoms with E-state index in [1.165, 1.54) is 0 Å². The monoisotopic (exact) mass is 442 g/mol. The maximum atomic E-state index is 14.6. The van der Waals surface area contributed by atoms with Gasteiger partial charge in [0.1, 0.15) is 5.82 Å². The normalized spacial score (nSPS) is 40.9. The van der Waals surface area contributed by atoms with Crippen molar-refractivity contribution in [3.63, 3.8) is 0 Å². The summed E-state index contributed by atoms with van der Waals surface area (Å²) in [7, 11) is 3.69. The third-order valence-electron chi connectivity index (χ3n) is 9.82. The van der Waals surface area contributed by atoms with Gasteiger partial charge >= 0.3 is 0 Å². The molecule has 0 radical (unpaired) electrons. The van der Waals surface area contributed by atoms with Gasteiger partial charge in [-0.05, 0) is 67.8 Å². The fourth-order valence-corrected chi connectivity index (χ4v) is 8.12. The number of aryl methyl sites for hydroxylation is 1. The standard InChI is InChI=1S/C25H35FN4O2/c1-24-10-9-17-15(5-8-20-25(17,2)13-19(26)23(32)30(20)4)16(24)6-7-18(24)22(31)28-14-21-27-11-12-29(21)3/h11-13,15-18,20H,5-10,14H2,1-4H3,(H,28,31)/t15-,16-,17-,18+,20+,24-,25+/m0/s1. The first-order valence-corrected chi connectivity index (χ1v) is 12.1. The maximum absolute atomic E-state index is 14.6. The zero-order chi connectivity index (χ0) is 22.8. The van der Waals surface area contributed by atoms with Crippen molar-refractivity contribution < 1.29 is 14.0 Å². The second-order valence-electron chi connectivity index (χ2n) is 11.1. The minimum absolute atomic E-state index is 0.0159. The summed E-state index contributed by atoms with van der Waals surface area (Å²) in [6.45, 7) is 4.93. The number of hydrogen-bond donors (Lipinski definition) is 1. The van der Waals surface area contributed by atoms with Gasteiger partial charge in [-0.25, -0.2) is 9.37 Å². The van der Waals surface area contributed by atoms with Crippen LogP contribution < -0.4 is 5.32 Å². The molecule has 2 amide bonds. The zero-order valence-corrected chi connectivity index (χ0v) is 19.6. The van der Waals surface area contributed by atoms with E-state index in [1.54, 1.807) is 24.2 Å². The van der Waals surface area contributed by atoms with E-state index >= 15 is 0 Å². The van der Waals surface area contributed by atoms with Gasteiger partial charge in [-0.15, -0.1) is 0 Å². The van der Waals surface area contributed by atoms with Gasteiger partial charge in [-0.2, -0.15) is 0 Å². The number of likely N-dealkylation sites (N-methyl/N-ethyl adjacent to an activating group) is 1. The molecule has 0 unspecified atom stereocenters. The molecule has 4 aliphatic rings. The van der Waals surface area contributed by atoms with Gasteiger partial charge < -0.3 is 14.8 Å². The van der Waals surface area contributed by atoms with Gasteiger partial charge in [0.05, 0.1) is 6.54 Å². The largest absolute Gasteiger partial charge is 0.349 e. The van der Waals surface area contributed by atoms with Crippen LogP contribution in [0.15, 0.2) is 24.3 Å². The third kappa shape index (κ3) is 2.99. The Morgan fingerprint density at radius 1 is 1.19 bits per heavy atom. The van der Waals surface area contributed by atoms with Crippen LogP contribution >= 0.6 is 0 Å². The molecule has 0 saturated heterocycles. The summed E-state index contributed by atoms with van der Waals surface area (Å²) in [5.74, 6) is 1.26. The lowest BCUT2D eigenvalue weighted by molar-refractivity contribution is -0.145. The third-order valence-corrected chi connectivity index (χ3v) is 9.82. The van der Waals surface area contributed by atoms with Crippen LogP contribution in [0.5, 0.6) is 0 Å². The summed E-state index contributed by atoms with van der Waals surface area (Å²) >= 11 is 0. The molecule has 1 aromatic heterocycles. The molecular weight excluding hydrogens is 407 g/mol. The molecule has 3 aliphatic carbocycles. The van der Waals surface area contributed by atoms with E-state index < -0.39 is 11.7 Å². The Kier molecular flexibility index (Phi) is 5.02. The Bertz CT molecular complexity index is 973. The zero-order valence-electron chi connectivity index (χ0n) is 19.6. The van der Waals surface area contributed by atoms with Crippen molar-refractivity contribution in [1.29, 1.82) is 0 Å². The van der Waals surface area contributed by atoms with Crippen molar-refractivity contribution in [2.24, 2.45) is 41.5 Å². The Labute approximate surface area is 189 Å². The number of fused-ring (bicyclic) bond motifs is 5. The molecule has 32 heavy (non-hydrogen) atoms. The Morgan fingerprint density at radius 3 is 2.69 bits per heavy atom. The number of imidazole rings is 1. The van der Waals surface area contributed by atoms with Gasteiger partial charge in [0.2, 0.25) is 5.91 Å². The van der Waals surface area contributed by atoms with Crippen molar-refractivity contribution in [2.75, 3.05) is 7.05 Å². The molecular formula is C25H35FN4O2. The second kappa shape index (κ2) is 7.42. The summed E-state index contributed by atoms with van der Waals surface area (Å²) in [4.78, 5) is 31.4. The number of nitrogens with zero attached hydrogens (tertiary/aromatic N) is 3. The lowest BCUT2D eigenvalue weighted by Crippen LogP contribution is -2.60. The van der Waals surface area contributed by atoms with Gasteiger partial charge in [0.25, 0.3) is 5.91 Å². The molecule has 3 saturated carbocycles. The van der Waals surface area contributed by atoms with Crippen LogP contribution in [0, 0.1) is 34.5 Å². The van der Waals surface area contributed by atoms with Crippen molar-refractivity contribution in [3.8, 4) is 0 Å². The molecule has 174 valence electrons. The molecule has 7 heteroatoms. The number of carbonyl (C=O) groups is 2. The molecule has 1 aromatic rings. The number of rotatable bonds is 3. The van der Waals surface area contributed by atoms with E-state index in [2.05, 4.69) is 24.1 Å². The average molecular weight is 443 g/mol. The number of hydrogen-bond acceptors (Lipinski definition) is 3. The highest BCUT2D eigenvalue weighted by atomic mass is 19.1. The number of amides is 2. The van der Waals surface area contributed by atoms with E-state index in [1.807, 2.05) is 17.8 Å². The lowest BCUT2D eigenvalue weighted by atomic mass is 9.47. The molecule has 6 nitrogen and oxygen atoms in total. The van der Waals surface area contributed by atoms with Crippen LogP contribution in [-0.4, -0.2) is 39.4 Å². The van der Waals surface area contributed by atoms with E-state index in [0.717, 1.165) is 44.3 Å². The van der Waals surface area contributed by atoms with Crippen molar-refractivity contribution in [1.82, 2.24) is 19.8 Å². The van der Waals surface area contributed by atoms with E-state index in [4.69, 9.17) is 0 Å². The highest BCUT2D eigenvalue weighted by Gasteiger charge is 2.62. The molecule has 3 fully saturated rings. The minimum atomic E-state index is -0.599. The quantitative estimate of drug-likeness (QED) is 0.778. The van der Waals surface area contributed by atoms with Crippen LogP contribution in [0.4, 0.5) is 4.39 Å². The van der Waals surface area contributed by atoms with Crippen LogP contribution in [0.1, 0.15) is 58.2 Å². The van der Waals surface area contributed by atoms with Crippen LogP contribution in [0.2, 0.25) is 0 Å². The molecule has 7 atom stereocenters. The van der Waals surface area contributed by atoms with Gasteiger partial charge in [0.15, 0.2) is 5.83 Å². The van der Waals surface area contributed by atoms with Crippen LogP contribution in [-0.2, 0) is 23.2 Å². The molecule has 5 rings (SSSR count). The first kappa shape index (κ1) is 21.7. The average Bonchev–Trinajstić information content (AvgIpc) is 3.32. The molecule has 0 spiro atoms. The van der Waals surface area contributed by atoms with Gasteiger partial charge in [-0.1, -0.05) is 13.8 Å². The first-order chi connectivity index (χ1) is 15.2. The number of nitrogens with one attached hydrogen (secondary N) is 1. The molecule has 2 heterocycles. The van der Waals surface area contributed by atoms with Crippen LogP contribution in [0.3, 0.4) is 0 Å². The summed E-state index contributed by atoms with van der Waals surface area (Å²) in [6.07, 6.45) is 11.2. The number of halogens is 1. The molecule has 1 N–H and O–H groups in total. The highest BCUT2D eigenvalue weighted by Crippen LogP contribution is 2.65. The van der Waals surface area contributed by atoms with E-state index in [9.17, 15) is 14.0 Å². The highest BCUT2D eigenvalue weighted by molar-refractivity contribution is 5.92. The van der Waals surface area contributed by atoms with E-state index in [-0.39, 0.29) is 28.7 Å². The topological polar surface area (TPSA) is 67.2 Å². The predicted molar refractivity (Wildman–Crippen MR) is 119 cm³/mol. The molecule has 0 aromatic carbocycles. The van der Waals surface area contributed by atoms with E-state index in [0.29, 0.717) is 24.3 Å². The van der Waals surface area contributed by atoms with Crippen molar-refractivity contribution >= 4 is 11.8 Å². The Hall–Kier alpha value is -2.18. The van der Waals surface area contributed by atoms with Gasteiger partial charge in [0, 0.05) is 43.9 Å². The van der Waals surface area contributed by atoms with Crippen molar-refractivity contribution in [3.05, 3.63) is 30.1 Å². The summed E-state index contributed by atoms with van der Waals surface area (Å²) in [5, 5.41) is 3.14. The smallest absolute Gasteiger partial charge is 0.282 e. The SMILES string of the molecule is CN1C(=O)C(F)=C[C@]2(C)[C@H]3CC[C@]4(C)[C@@H](C(=O)NCc5nccn5C)CC[C@H]4[C@@H]3CC[C@@H]12. The Balaban J connectivity index is 1.35. The Morgan fingerprint density at radius 2 is 1.97 bits per heavy atom. The number of aromatic nitrogens is 2. The first-order valence-electron chi connectivity index (χ1n) is 12.1. The van der Waals surface area contributed by atoms with Crippen LogP contribution in [0.25, 0.3) is 0 Å². The van der Waals surface area contributed by atoms with Gasteiger partial charge in [-0.3, -0.25) is 9.59 Å². The van der Waals surface area contributed by atoms with Crippen molar-refractivity contribution in [2.45, 2.75) is 65.0 Å². The fourth-order valence-electron chi connectivity index (χ4n) is 8.12. The number of carbonyl (C=O) groups excluding carboxylic acids is 2.